The van der Waals surface area contributed by atoms with Crippen LogP contribution >= 0.6 is 0 Å². The van der Waals surface area contributed by atoms with Gasteiger partial charge in [-0.25, -0.2) is 4.79 Å². The van der Waals surface area contributed by atoms with Gasteiger partial charge in [0.1, 0.15) is 18.2 Å². The summed E-state index contributed by atoms with van der Waals surface area (Å²) in [5.41, 5.74) is -0.190. The van der Waals surface area contributed by atoms with Gasteiger partial charge in [0.05, 0.1) is 36.9 Å². The lowest BCUT2D eigenvalue weighted by molar-refractivity contribution is -0.160. The summed E-state index contributed by atoms with van der Waals surface area (Å²) in [4.78, 5) is 60.3. The number of rotatable bonds is 1. The third-order valence-electron chi connectivity index (χ3n) is 10.1. The van der Waals surface area contributed by atoms with Crippen LogP contribution in [0.2, 0.25) is 0 Å². The summed E-state index contributed by atoms with van der Waals surface area (Å²) >= 11 is 0. The van der Waals surface area contributed by atoms with E-state index in [0.717, 1.165) is 32.1 Å². The van der Waals surface area contributed by atoms with Crippen LogP contribution in [0.1, 0.15) is 72.1 Å². The van der Waals surface area contributed by atoms with Crippen LogP contribution in [0.5, 0.6) is 6.01 Å². The zero-order valence-corrected chi connectivity index (χ0v) is 25.6. The average Bonchev–Trinajstić information content (AvgIpc) is 3.46. The number of carbonyl (C=O) groups excluding carboxylic acids is 3. The van der Waals surface area contributed by atoms with E-state index in [-0.39, 0.29) is 48.9 Å². The van der Waals surface area contributed by atoms with Crippen molar-refractivity contribution in [3.63, 3.8) is 0 Å². The molecule has 2 bridgehead atoms. The summed E-state index contributed by atoms with van der Waals surface area (Å²) in [6.45, 7) is 6.34. The van der Waals surface area contributed by atoms with Crippen LogP contribution in [0.15, 0.2) is 29.1 Å². The second-order valence-corrected chi connectivity index (χ2v) is 13.9. The van der Waals surface area contributed by atoms with E-state index in [9.17, 15) is 19.2 Å². The first-order chi connectivity index (χ1) is 20.5. The molecular weight excluding hydrogens is 550 g/mol. The zero-order chi connectivity index (χ0) is 30.5. The Hall–Kier alpha value is -3.43. The highest BCUT2D eigenvalue weighted by molar-refractivity contribution is 5.89. The van der Waals surface area contributed by atoms with E-state index in [2.05, 4.69) is 0 Å². The van der Waals surface area contributed by atoms with Crippen LogP contribution in [-0.4, -0.2) is 64.2 Å². The highest BCUT2D eigenvalue weighted by Gasteiger charge is 2.54. The number of aromatic nitrogens is 2. The molecule has 10 nitrogen and oxygen atoms in total. The Labute approximate surface area is 252 Å². The molecule has 1 aromatic carbocycles. The first-order valence-electron chi connectivity index (χ1n) is 15.8. The van der Waals surface area contributed by atoms with Crippen molar-refractivity contribution >= 4 is 28.7 Å². The van der Waals surface area contributed by atoms with Crippen molar-refractivity contribution in [1.29, 1.82) is 0 Å². The number of methoxy groups -OCH3 is 1. The second kappa shape index (κ2) is 11.6. The maximum atomic E-state index is 14.2. The van der Waals surface area contributed by atoms with Crippen molar-refractivity contribution in [3.8, 4) is 6.01 Å². The molecule has 232 valence electrons. The average molecular weight is 594 g/mol. The molecule has 1 amide bonds. The maximum absolute atomic E-state index is 14.2. The molecule has 1 aromatic heterocycles. The summed E-state index contributed by atoms with van der Waals surface area (Å²) in [5, 5.41) is 0.524. The Morgan fingerprint density at radius 1 is 1.00 bits per heavy atom. The molecule has 10 heteroatoms. The number of esters is 2. The summed E-state index contributed by atoms with van der Waals surface area (Å²) < 4.78 is 19.1. The van der Waals surface area contributed by atoms with Gasteiger partial charge in [-0.2, -0.15) is 4.98 Å². The summed E-state index contributed by atoms with van der Waals surface area (Å²) in [6.07, 6.45) is 5.18. The van der Waals surface area contributed by atoms with Crippen molar-refractivity contribution in [3.05, 3.63) is 34.6 Å². The summed E-state index contributed by atoms with van der Waals surface area (Å²) in [7, 11) is 1.30. The normalized spacial score (nSPS) is 31.6. The molecule has 3 heterocycles. The Morgan fingerprint density at radius 3 is 2.56 bits per heavy atom. The first kappa shape index (κ1) is 29.6. The van der Waals surface area contributed by atoms with E-state index >= 15 is 0 Å². The van der Waals surface area contributed by atoms with Gasteiger partial charge in [-0.1, -0.05) is 45.7 Å². The lowest BCUT2D eigenvalue weighted by Gasteiger charge is -2.34. The minimum atomic E-state index is -0.877. The predicted molar refractivity (Wildman–Crippen MR) is 158 cm³/mol. The van der Waals surface area contributed by atoms with Gasteiger partial charge in [0.25, 0.3) is 11.6 Å². The maximum Gasteiger partial charge on any atom is 0.328 e. The quantitative estimate of drug-likeness (QED) is 0.454. The fourth-order valence-corrected chi connectivity index (χ4v) is 7.59. The molecule has 0 N–H and O–H groups in total. The predicted octanol–water partition coefficient (Wildman–Crippen LogP) is 4.11. The number of ether oxygens (including phenoxy) is 3. The molecule has 2 aliphatic carbocycles. The Kier molecular flexibility index (Phi) is 7.98. The number of benzene rings is 1. The number of carbonyl (C=O) groups is 3. The summed E-state index contributed by atoms with van der Waals surface area (Å²) in [6, 6.07) is 6.52. The summed E-state index contributed by atoms with van der Waals surface area (Å²) in [5.74, 6) is -0.324. The number of para-hydroxylation sites is 1. The van der Waals surface area contributed by atoms with Crippen molar-refractivity contribution in [2.75, 3.05) is 13.7 Å². The molecule has 7 atom stereocenters. The number of fused-ring (bicyclic) bond motifs is 7. The molecule has 2 aliphatic heterocycles. The van der Waals surface area contributed by atoms with Crippen molar-refractivity contribution in [1.82, 2.24) is 14.5 Å². The molecule has 0 radical (unpaired) electrons. The molecule has 0 unspecified atom stereocenters. The van der Waals surface area contributed by atoms with Crippen LogP contribution in [0, 0.1) is 29.1 Å². The van der Waals surface area contributed by atoms with Gasteiger partial charge < -0.3 is 19.1 Å². The van der Waals surface area contributed by atoms with Gasteiger partial charge >= 0.3 is 11.9 Å². The van der Waals surface area contributed by atoms with E-state index in [1.807, 2.05) is 32.9 Å². The van der Waals surface area contributed by atoms with Crippen LogP contribution in [-0.2, 0) is 30.4 Å². The van der Waals surface area contributed by atoms with Gasteiger partial charge in [-0.15, -0.1) is 0 Å². The fraction of sp³-hybridized carbons (Fsp3) is 0.667. The van der Waals surface area contributed by atoms with Crippen LogP contribution in [0.25, 0.3) is 10.9 Å². The molecule has 0 spiro atoms. The van der Waals surface area contributed by atoms with Crippen molar-refractivity contribution < 1.29 is 28.6 Å². The Balaban J connectivity index is 1.36. The van der Waals surface area contributed by atoms with E-state index in [4.69, 9.17) is 19.2 Å². The molecule has 4 aliphatic rings. The van der Waals surface area contributed by atoms with E-state index in [1.54, 1.807) is 16.7 Å². The lowest BCUT2D eigenvalue weighted by atomic mass is 9.77. The van der Waals surface area contributed by atoms with Crippen molar-refractivity contribution in [2.45, 2.75) is 96.9 Å². The fourth-order valence-electron chi connectivity index (χ4n) is 7.59. The van der Waals surface area contributed by atoms with Crippen LogP contribution < -0.4 is 10.3 Å². The highest BCUT2D eigenvalue weighted by atomic mass is 16.5. The minimum Gasteiger partial charge on any atom is -0.467 e. The number of hydrogen-bond acceptors (Lipinski definition) is 8. The van der Waals surface area contributed by atoms with Gasteiger partial charge in [0.15, 0.2) is 0 Å². The number of nitrogens with zero attached hydrogens (tertiary/aromatic N) is 3. The van der Waals surface area contributed by atoms with Gasteiger partial charge in [0, 0.05) is 13.0 Å². The molecule has 43 heavy (non-hydrogen) atoms. The number of amides is 1. The third kappa shape index (κ3) is 5.89. The van der Waals surface area contributed by atoms with Crippen molar-refractivity contribution in [2.24, 2.45) is 29.1 Å². The number of hydrogen-bond donors (Lipinski definition) is 0. The molecule has 1 saturated heterocycles. The van der Waals surface area contributed by atoms with E-state index < -0.39 is 29.4 Å². The van der Waals surface area contributed by atoms with E-state index in [0.29, 0.717) is 35.2 Å². The Bertz CT molecular complexity index is 1460. The monoisotopic (exact) mass is 593 g/mol. The van der Waals surface area contributed by atoms with Gasteiger partial charge in [-0.05, 0) is 61.0 Å². The van der Waals surface area contributed by atoms with E-state index in [1.165, 1.54) is 18.4 Å². The van der Waals surface area contributed by atoms with Crippen LogP contribution in [0.4, 0.5) is 0 Å². The lowest BCUT2D eigenvalue weighted by Crippen LogP contribution is -2.48. The highest BCUT2D eigenvalue weighted by Crippen LogP contribution is 2.57. The SMILES string of the molecule is COC(=O)[C@@H]1C[C@@H]2CN1C(=O)[C@H](C(C)(C)C)CC(=O)O[C@@H]1C[C@@H]3C[C@@H]3[C@H]1CCCCCn1c(nc3ccccc3c1=O)O2. The smallest absolute Gasteiger partial charge is 0.328 e. The molecular formula is C33H43N3O7. The molecule has 6 rings (SSSR count). The third-order valence-corrected chi connectivity index (χ3v) is 10.1. The standard InChI is InChI=1S/C33H43N3O7/c1-33(2,3)24-17-28(37)43-27-15-19-14-23(19)21(27)10-6-5-9-13-35-29(38)22-11-7-8-12-25(22)34-32(35)42-20-16-26(31(40)41-4)36(18-20)30(24)39/h7-8,11-12,19-21,23-24,26-27H,5-6,9-10,13-18H2,1-4H3/t19-,20+,21+,23-,24+,26-,27+/m0/s1. The second-order valence-electron chi connectivity index (χ2n) is 13.9. The Morgan fingerprint density at radius 2 is 1.79 bits per heavy atom. The molecule has 2 saturated carbocycles. The topological polar surface area (TPSA) is 117 Å². The van der Waals surface area contributed by atoms with Gasteiger partial charge in [-0.3, -0.25) is 19.0 Å². The first-order valence-corrected chi connectivity index (χ1v) is 15.8. The minimum absolute atomic E-state index is 0.0530. The van der Waals surface area contributed by atoms with Crippen LogP contribution in [0.3, 0.4) is 0 Å². The molecule has 3 fully saturated rings. The van der Waals surface area contributed by atoms with Gasteiger partial charge in [0.2, 0.25) is 5.91 Å². The molecule has 2 aromatic rings. The largest absolute Gasteiger partial charge is 0.467 e. The zero-order valence-electron chi connectivity index (χ0n) is 25.6.